The topological polar surface area (TPSA) is 64.6 Å². The lowest BCUT2D eigenvalue weighted by molar-refractivity contribution is -0.143. The number of carbonyl (C=O) groups is 2. The van der Waals surface area contributed by atoms with Crippen LogP contribution < -0.4 is 5.32 Å². The van der Waals surface area contributed by atoms with Gasteiger partial charge in [-0.05, 0) is 13.8 Å². The summed E-state index contributed by atoms with van der Waals surface area (Å²) in [4.78, 5) is 21.8. The molecular weight excluding hydrogens is 198 g/mol. The van der Waals surface area contributed by atoms with Gasteiger partial charge in [-0.3, -0.25) is 9.59 Å². The maximum atomic E-state index is 10.9. The number of hydrogen-bond donors (Lipinski definition) is 1. The Labute approximate surface area is 90.1 Å². The Balaban J connectivity index is 3.50. The van der Waals surface area contributed by atoms with Gasteiger partial charge in [-0.25, -0.2) is 0 Å². The first-order valence-corrected chi connectivity index (χ1v) is 5.06. The van der Waals surface area contributed by atoms with E-state index in [2.05, 4.69) is 10.1 Å². The average Bonchev–Trinajstić information content (AvgIpc) is 2.18. The lowest BCUT2D eigenvalue weighted by atomic mass is 10.2. The molecule has 15 heavy (non-hydrogen) atoms. The molecule has 1 unspecified atom stereocenters. The van der Waals surface area contributed by atoms with Crippen molar-refractivity contribution in [1.82, 2.24) is 5.32 Å². The second kappa shape index (κ2) is 8.23. The van der Waals surface area contributed by atoms with Gasteiger partial charge in [-0.2, -0.15) is 0 Å². The van der Waals surface area contributed by atoms with Gasteiger partial charge >= 0.3 is 11.9 Å². The van der Waals surface area contributed by atoms with Crippen LogP contribution in [0.5, 0.6) is 0 Å². The summed E-state index contributed by atoms with van der Waals surface area (Å²) in [6, 6.07) is 0.00637. The first kappa shape index (κ1) is 13.9. The summed E-state index contributed by atoms with van der Waals surface area (Å²) >= 11 is 0. The highest BCUT2D eigenvalue weighted by Gasteiger charge is 2.09. The van der Waals surface area contributed by atoms with Gasteiger partial charge in [0.25, 0.3) is 0 Å². The molecule has 5 heteroatoms. The Morgan fingerprint density at radius 2 is 2.00 bits per heavy atom. The summed E-state index contributed by atoms with van der Waals surface area (Å²) in [5, 5.41) is 3.04. The van der Waals surface area contributed by atoms with E-state index in [0.29, 0.717) is 26.0 Å². The van der Waals surface area contributed by atoms with Gasteiger partial charge in [0.1, 0.15) is 0 Å². The molecule has 0 aromatic carbocycles. The largest absolute Gasteiger partial charge is 0.469 e. The second-order valence-electron chi connectivity index (χ2n) is 3.19. The average molecular weight is 217 g/mol. The fourth-order valence-electron chi connectivity index (χ4n) is 1.06. The number of hydrogen-bond acceptors (Lipinski definition) is 5. The molecule has 0 aromatic heterocycles. The fraction of sp³-hybridized carbons (Fsp3) is 0.800. The number of methoxy groups -OCH3 is 1. The van der Waals surface area contributed by atoms with Gasteiger partial charge in [-0.1, -0.05) is 0 Å². The normalized spacial score (nSPS) is 11.9. The van der Waals surface area contributed by atoms with E-state index < -0.39 is 0 Å². The first-order valence-electron chi connectivity index (χ1n) is 5.06. The number of esters is 2. The van der Waals surface area contributed by atoms with Crippen LogP contribution in [0, 0.1) is 0 Å². The third-order valence-corrected chi connectivity index (χ3v) is 1.83. The Kier molecular flexibility index (Phi) is 7.62. The number of rotatable bonds is 7. The summed E-state index contributed by atoms with van der Waals surface area (Å²) < 4.78 is 9.27. The summed E-state index contributed by atoms with van der Waals surface area (Å²) in [7, 11) is 1.35. The van der Waals surface area contributed by atoms with Crippen molar-refractivity contribution >= 4 is 11.9 Å². The third kappa shape index (κ3) is 7.93. The Morgan fingerprint density at radius 1 is 1.33 bits per heavy atom. The van der Waals surface area contributed by atoms with Gasteiger partial charge in [0.2, 0.25) is 0 Å². The summed E-state index contributed by atoms with van der Waals surface area (Å²) in [6.45, 7) is 4.54. The molecule has 0 bridgehead atoms. The Bertz CT molecular complexity index is 206. The number of carbonyl (C=O) groups excluding carboxylic acids is 2. The van der Waals surface area contributed by atoms with Crippen LogP contribution in [0.4, 0.5) is 0 Å². The van der Waals surface area contributed by atoms with Crippen LogP contribution in [0.2, 0.25) is 0 Å². The molecule has 0 aliphatic heterocycles. The van der Waals surface area contributed by atoms with Crippen LogP contribution in [0.3, 0.4) is 0 Å². The summed E-state index contributed by atoms with van der Waals surface area (Å²) in [5.41, 5.74) is 0. The molecule has 0 spiro atoms. The van der Waals surface area contributed by atoms with E-state index in [9.17, 15) is 9.59 Å². The van der Waals surface area contributed by atoms with E-state index in [-0.39, 0.29) is 18.0 Å². The first-order chi connectivity index (χ1) is 7.10. The smallest absolute Gasteiger partial charge is 0.307 e. The van der Waals surface area contributed by atoms with E-state index in [1.54, 1.807) is 6.92 Å². The maximum absolute atomic E-state index is 10.9. The zero-order valence-corrected chi connectivity index (χ0v) is 9.54. The predicted octanol–water partition coefficient (Wildman–Crippen LogP) is 0.481. The van der Waals surface area contributed by atoms with Crippen LogP contribution in [0.25, 0.3) is 0 Å². The van der Waals surface area contributed by atoms with Crippen LogP contribution in [-0.4, -0.2) is 38.2 Å². The van der Waals surface area contributed by atoms with Crippen molar-refractivity contribution in [3.05, 3.63) is 0 Å². The van der Waals surface area contributed by atoms with E-state index in [1.807, 2.05) is 6.92 Å². The van der Waals surface area contributed by atoms with E-state index in [1.165, 1.54) is 7.11 Å². The van der Waals surface area contributed by atoms with Crippen molar-refractivity contribution in [3.8, 4) is 0 Å². The van der Waals surface area contributed by atoms with Crippen molar-refractivity contribution in [2.45, 2.75) is 32.7 Å². The molecule has 0 radical (unpaired) electrons. The van der Waals surface area contributed by atoms with Crippen LogP contribution in [-0.2, 0) is 19.1 Å². The monoisotopic (exact) mass is 217 g/mol. The van der Waals surface area contributed by atoms with E-state index >= 15 is 0 Å². The molecule has 0 rings (SSSR count). The van der Waals surface area contributed by atoms with Crippen molar-refractivity contribution in [2.75, 3.05) is 20.3 Å². The quantitative estimate of drug-likeness (QED) is 0.628. The predicted molar refractivity (Wildman–Crippen MR) is 55.3 cm³/mol. The van der Waals surface area contributed by atoms with Crippen molar-refractivity contribution in [2.24, 2.45) is 0 Å². The molecule has 0 saturated heterocycles. The molecule has 0 aliphatic rings. The summed E-state index contributed by atoms with van der Waals surface area (Å²) in [6.07, 6.45) is 0.624. The minimum atomic E-state index is -0.258. The van der Waals surface area contributed by atoms with Gasteiger partial charge < -0.3 is 14.8 Å². The molecule has 0 fully saturated rings. The molecule has 0 aliphatic carbocycles. The van der Waals surface area contributed by atoms with Crippen molar-refractivity contribution in [3.63, 3.8) is 0 Å². The van der Waals surface area contributed by atoms with Crippen LogP contribution >= 0.6 is 0 Å². The number of nitrogens with one attached hydrogen (secondary N) is 1. The van der Waals surface area contributed by atoms with Crippen molar-refractivity contribution < 1.29 is 19.1 Å². The zero-order chi connectivity index (χ0) is 11.7. The molecule has 1 N–H and O–H groups in total. The molecule has 88 valence electrons. The van der Waals surface area contributed by atoms with Gasteiger partial charge in [0, 0.05) is 12.6 Å². The van der Waals surface area contributed by atoms with Gasteiger partial charge in [0.05, 0.1) is 26.6 Å². The minimum absolute atomic E-state index is 0.00637. The Morgan fingerprint density at radius 3 is 2.53 bits per heavy atom. The SMILES string of the molecule is CCOC(=O)CCNC(C)CC(=O)OC. The minimum Gasteiger partial charge on any atom is -0.469 e. The summed E-state index contributed by atoms with van der Waals surface area (Å²) in [5.74, 6) is -0.485. The molecule has 1 atom stereocenters. The molecule has 5 nitrogen and oxygen atoms in total. The standard InChI is InChI=1S/C10H19NO4/c1-4-15-9(12)5-6-11-8(2)7-10(13)14-3/h8,11H,4-7H2,1-3H3. The fourth-order valence-corrected chi connectivity index (χ4v) is 1.06. The van der Waals surface area contributed by atoms with Gasteiger partial charge in [0.15, 0.2) is 0 Å². The van der Waals surface area contributed by atoms with Crippen LogP contribution in [0.1, 0.15) is 26.7 Å². The maximum Gasteiger partial charge on any atom is 0.307 e. The van der Waals surface area contributed by atoms with E-state index in [4.69, 9.17) is 4.74 Å². The highest BCUT2D eigenvalue weighted by molar-refractivity contribution is 5.70. The highest BCUT2D eigenvalue weighted by Crippen LogP contribution is 1.93. The molecule has 0 amide bonds. The number of ether oxygens (including phenoxy) is 2. The molecule has 0 saturated carbocycles. The molecule has 0 aromatic rings. The lowest BCUT2D eigenvalue weighted by Gasteiger charge is -2.11. The zero-order valence-electron chi connectivity index (χ0n) is 9.54. The Hall–Kier alpha value is -1.10. The third-order valence-electron chi connectivity index (χ3n) is 1.83. The highest BCUT2D eigenvalue weighted by atomic mass is 16.5. The van der Waals surface area contributed by atoms with Gasteiger partial charge in [-0.15, -0.1) is 0 Å². The second-order valence-corrected chi connectivity index (χ2v) is 3.19. The van der Waals surface area contributed by atoms with E-state index in [0.717, 1.165) is 0 Å². The lowest BCUT2D eigenvalue weighted by Crippen LogP contribution is -2.31. The van der Waals surface area contributed by atoms with Crippen molar-refractivity contribution in [1.29, 1.82) is 0 Å². The molecular formula is C10H19NO4. The molecule has 0 heterocycles. The van der Waals surface area contributed by atoms with Crippen LogP contribution in [0.15, 0.2) is 0 Å².